The number of fused-ring (bicyclic) bond motifs is 1. The molecule has 2 atom stereocenters. The first-order valence-electron chi connectivity index (χ1n) is 8.97. The van der Waals surface area contributed by atoms with Crippen molar-refractivity contribution in [2.45, 2.75) is 38.4 Å². The van der Waals surface area contributed by atoms with Gasteiger partial charge >= 0.3 is 6.03 Å². The fourth-order valence-electron chi connectivity index (χ4n) is 3.45. The summed E-state index contributed by atoms with van der Waals surface area (Å²) in [6.45, 7) is 3.64. The molecule has 1 aliphatic heterocycles. The van der Waals surface area contributed by atoms with E-state index in [1.54, 1.807) is 0 Å². The van der Waals surface area contributed by atoms with Gasteiger partial charge in [-0.15, -0.1) is 0 Å². The van der Waals surface area contributed by atoms with Gasteiger partial charge in [0.25, 0.3) is 0 Å². The maximum Gasteiger partial charge on any atom is 0.315 e. The molecule has 0 unspecified atom stereocenters. The van der Waals surface area contributed by atoms with Crippen LogP contribution >= 0.6 is 0 Å². The minimum atomic E-state index is -0.0873. The molecular formula is C21H27N3O. The molecule has 132 valence electrons. The molecule has 4 heteroatoms. The monoisotopic (exact) mass is 337 g/mol. The van der Waals surface area contributed by atoms with E-state index in [0.29, 0.717) is 12.6 Å². The van der Waals surface area contributed by atoms with Gasteiger partial charge in [-0.2, -0.15) is 0 Å². The molecule has 2 aromatic rings. The minimum absolute atomic E-state index is 0.0873. The van der Waals surface area contributed by atoms with Crippen molar-refractivity contribution < 1.29 is 4.79 Å². The summed E-state index contributed by atoms with van der Waals surface area (Å²) in [5.41, 5.74) is 4.02. The Balaban J connectivity index is 1.46. The summed E-state index contributed by atoms with van der Waals surface area (Å²) in [5, 5.41) is 6.07. The molecule has 0 saturated heterocycles. The number of rotatable bonds is 5. The van der Waals surface area contributed by atoms with Crippen molar-refractivity contribution in [3.63, 3.8) is 0 Å². The summed E-state index contributed by atoms with van der Waals surface area (Å²) < 4.78 is 0. The number of carbonyl (C=O) groups excluding carboxylic acids is 1. The van der Waals surface area contributed by atoms with Gasteiger partial charge in [0.05, 0.1) is 0 Å². The van der Waals surface area contributed by atoms with Crippen LogP contribution in [0.3, 0.4) is 0 Å². The first kappa shape index (κ1) is 17.5. The van der Waals surface area contributed by atoms with Crippen molar-refractivity contribution in [2.75, 3.05) is 13.6 Å². The van der Waals surface area contributed by atoms with Crippen molar-refractivity contribution in [3.05, 3.63) is 71.3 Å². The van der Waals surface area contributed by atoms with Crippen LogP contribution in [-0.4, -0.2) is 36.6 Å². The Morgan fingerprint density at radius 2 is 1.80 bits per heavy atom. The van der Waals surface area contributed by atoms with Gasteiger partial charge in [0.1, 0.15) is 0 Å². The summed E-state index contributed by atoms with van der Waals surface area (Å²) >= 11 is 0. The Hall–Kier alpha value is -2.33. The van der Waals surface area contributed by atoms with Crippen LogP contribution in [-0.2, 0) is 19.4 Å². The second-order valence-corrected chi connectivity index (χ2v) is 6.99. The molecule has 1 heterocycles. The number of hydrogen-bond acceptors (Lipinski definition) is 2. The van der Waals surface area contributed by atoms with E-state index in [2.05, 4.69) is 59.0 Å². The van der Waals surface area contributed by atoms with Crippen LogP contribution in [0.5, 0.6) is 0 Å². The fourth-order valence-corrected chi connectivity index (χ4v) is 3.45. The second kappa shape index (κ2) is 8.17. The Morgan fingerprint density at radius 1 is 1.12 bits per heavy atom. The SMILES string of the molecule is C[C@@H](Cc1ccccc1)NC(=O)NC[C@@H]1Cc2ccccc2CN1C. The summed E-state index contributed by atoms with van der Waals surface area (Å²) in [6.07, 6.45) is 1.82. The van der Waals surface area contributed by atoms with E-state index in [9.17, 15) is 4.79 Å². The van der Waals surface area contributed by atoms with Gasteiger partial charge in [0.2, 0.25) is 0 Å². The number of likely N-dealkylation sites (N-methyl/N-ethyl adjacent to an activating group) is 1. The second-order valence-electron chi connectivity index (χ2n) is 6.99. The Morgan fingerprint density at radius 3 is 2.56 bits per heavy atom. The molecule has 0 spiro atoms. The van der Waals surface area contributed by atoms with Crippen molar-refractivity contribution in [1.82, 2.24) is 15.5 Å². The zero-order valence-corrected chi connectivity index (χ0v) is 15.0. The molecule has 0 radical (unpaired) electrons. The van der Waals surface area contributed by atoms with Gasteiger partial charge < -0.3 is 10.6 Å². The lowest BCUT2D eigenvalue weighted by Gasteiger charge is -2.34. The number of carbonyl (C=O) groups is 1. The quantitative estimate of drug-likeness (QED) is 0.881. The van der Waals surface area contributed by atoms with Gasteiger partial charge in [-0.05, 0) is 43.5 Å². The zero-order valence-electron chi connectivity index (χ0n) is 15.0. The number of nitrogens with zero attached hydrogens (tertiary/aromatic N) is 1. The third kappa shape index (κ3) is 4.83. The summed E-state index contributed by atoms with van der Waals surface area (Å²) in [4.78, 5) is 14.5. The van der Waals surface area contributed by atoms with E-state index in [1.165, 1.54) is 16.7 Å². The molecule has 3 rings (SSSR count). The number of nitrogens with one attached hydrogen (secondary N) is 2. The average molecular weight is 337 g/mol. The molecule has 0 aromatic heterocycles. The first-order chi connectivity index (χ1) is 12.1. The van der Waals surface area contributed by atoms with Crippen LogP contribution in [0.2, 0.25) is 0 Å². The van der Waals surface area contributed by atoms with E-state index < -0.39 is 0 Å². The predicted octanol–water partition coefficient (Wildman–Crippen LogP) is 2.97. The van der Waals surface area contributed by atoms with Crippen LogP contribution in [0, 0.1) is 0 Å². The highest BCUT2D eigenvalue weighted by Gasteiger charge is 2.23. The Kier molecular flexibility index (Phi) is 5.71. The van der Waals surface area contributed by atoms with Gasteiger partial charge in [0.15, 0.2) is 0 Å². The molecule has 2 aromatic carbocycles. The number of urea groups is 1. The lowest BCUT2D eigenvalue weighted by molar-refractivity contribution is 0.202. The van der Waals surface area contributed by atoms with E-state index >= 15 is 0 Å². The Labute approximate surface area is 150 Å². The topological polar surface area (TPSA) is 44.4 Å². The molecule has 0 bridgehead atoms. The highest BCUT2D eigenvalue weighted by molar-refractivity contribution is 5.74. The van der Waals surface area contributed by atoms with Crippen LogP contribution < -0.4 is 10.6 Å². The number of benzene rings is 2. The Bertz CT molecular complexity index is 701. The fraction of sp³-hybridized carbons (Fsp3) is 0.381. The number of amides is 2. The zero-order chi connectivity index (χ0) is 17.6. The van der Waals surface area contributed by atoms with Gasteiger partial charge in [-0.3, -0.25) is 4.90 Å². The molecule has 4 nitrogen and oxygen atoms in total. The number of hydrogen-bond donors (Lipinski definition) is 2. The largest absolute Gasteiger partial charge is 0.337 e. The maximum atomic E-state index is 12.2. The molecular weight excluding hydrogens is 310 g/mol. The third-order valence-corrected chi connectivity index (χ3v) is 4.88. The van der Waals surface area contributed by atoms with Crippen LogP contribution in [0.1, 0.15) is 23.6 Å². The maximum absolute atomic E-state index is 12.2. The molecule has 0 aliphatic carbocycles. The highest BCUT2D eigenvalue weighted by atomic mass is 16.2. The van der Waals surface area contributed by atoms with Crippen LogP contribution in [0.15, 0.2) is 54.6 Å². The van der Waals surface area contributed by atoms with E-state index in [1.807, 2.05) is 25.1 Å². The van der Waals surface area contributed by atoms with E-state index in [4.69, 9.17) is 0 Å². The van der Waals surface area contributed by atoms with Crippen molar-refractivity contribution in [3.8, 4) is 0 Å². The summed E-state index contributed by atoms with van der Waals surface area (Å²) in [7, 11) is 2.12. The van der Waals surface area contributed by atoms with Crippen molar-refractivity contribution in [1.29, 1.82) is 0 Å². The van der Waals surface area contributed by atoms with E-state index in [-0.39, 0.29) is 12.1 Å². The molecule has 25 heavy (non-hydrogen) atoms. The lowest BCUT2D eigenvalue weighted by Crippen LogP contribution is -2.49. The van der Waals surface area contributed by atoms with Crippen molar-refractivity contribution >= 4 is 6.03 Å². The molecule has 2 N–H and O–H groups in total. The highest BCUT2D eigenvalue weighted by Crippen LogP contribution is 2.21. The average Bonchev–Trinajstić information content (AvgIpc) is 2.60. The van der Waals surface area contributed by atoms with Gasteiger partial charge in [-0.1, -0.05) is 54.6 Å². The molecule has 2 amide bonds. The van der Waals surface area contributed by atoms with E-state index in [0.717, 1.165) is 19.4 Å². The molecule has 1 aliphatic rings. The first-order valence-corrected chi connectivity index (χ1v) is 8.97. The van der Waals surface area contributed by atoms with Gasteiger partial charge in [0, 0.05) is 25.2 Å². The summed E-state index contributed by atoms with van der Waals surface area (Å²) in [5.74, 6) is 0. The molecule has 0 fully saturated rings. The predicted molar refractivity (Wildman–Crippen MR) is 102 cm³/mol. The minimum Gasteiger partial charge on any atom is -0.337 e. The van der Waals surface area contributed by atoms with Crippen LogP contribution in [0.25, 0.3) is 0 Å². The standard InChI is InChI=1S/C21H27N3O/c1-16(12-17-8-4-3-5-9-17)23-21(25)22-14-20-13-18-10-6-7-11-19(18)15-24(20)2/h3-11,16,20H,12-15H2,1-2H3,(H2,22,23,25)/t16-,20-/m0/s1. The lowest BCUT2D eigenvalue weighted by atomic mass is 9.94. The van der Waals surface area contributed by atoms with Crippen LogP contribution in [0.4, 0.5) is 4.79 Å². The molecule has 0 saturated carbocycles. The third-order valence-electron chi connectivity index (χ3n) is 4.88. The summed E-state index contributed by atoms with van der Waals surface area (Å²) in [6, 6.07) is 19.2. The van der Waals surface area contributed by atoms with Crippen molar-refractivity contribution in [2.24, 2.45) is 0 Å². The smallest absolute Gasteiger partial charge is 0.315 e. The van der Waals surface area contributed by atoms with Gasteiger partial charge in [-0.25, -0.2) is 4.79 Å². The normalized spacial score (nSPS) is 18.2.